The maximum absolute atomic E-state index is 11.6. The van der Waals surface area contributed by atoms with Crippen molar-refractivity contribution in [3.05, 3.63) is 94.1 Å². The number of carbonyl (C=O) groups excluding carboxylic acids is 2. The summed E-state index contributed by atoms with van der Waals surface area (Å²) in [7, 11) is 1.57. The molecule has 0 spiro atoms. The average molecular weight is 397 g/mol. The number of nitrogens with zero attached hydrogens (tertiary/aromatic N) is 1. The van der Waals surface area contributed by atoms with E-state index in [2.05, 4.69) is 0 Å². The van der Waals surface area contributed by atoms with Crippen molar-refractivity contribution < 1.29 is 28.7 Å². The lowest BCUT2D eigenvalue weighted by Crippen LogP contribution is -2.01. The third-order valence-corrected chi connectivity index (χ3v) is 3.64. The van der Waals surface area contributed by atoms with Crippen LogP contribution in [0.3, 0.4) is 0 Å². The molecule has 8 heteroatoms. The van der Waals surface area contributed by atoms with Crippen LogP contribution in [0.15, 0.2) is 72.8 Å². The van der Waals surface area contributed by atoms with Crippen LogP contribution in [0.4, 0.5) is 5.69 Å². The monoisotopic (exact) mass is 397 g/mol. The Morgan fingerprint density at radius 1 is 0.862 bits per heavy atom. The van der Waals surface area contributed by atoms with Crippen LogP contribution < -0.4 is 4.74 Å². The van der Waals surface area contributed by atoms with E-state index in [0.29, 0.717) is 11.3 Å². The number of hydrogen-bond donors (Lipinski definition) is 0. The van der Waals surface area contributed by atoms with E-state index in [1.165, 1.54) is 42.5 Å². The molecule has 0 saturated heterocycles. The first-order valence-corrected chi connectivity index (χ1v) is 8.52. The Bertz CT molecular complexity index is 900. The fourth-order valence-corrected chi connectivity index (χ4v) is 2.11. The molecule has 0 fully saturated rings. The van der Waals surface area contributed by atoms with Crippen molar-refractivity contribution in [2.75, 3.05) is 7.11 Å². The number of methoxy groups -OCH3 is 1. The smallest absolute Gasteiger partial charge is 0.331 e. The average Bonchev–Trinajstić information content (AvgIpc) is 2.74. The van der Waals surface area contributed by atoms with Crippen molar-refractivity contribution >= 4 is 17.6 Å². The summed E-state index contributed by atoms with van der Waals surface area (Å²) >= 11 is 0. The first kappa shape index (κ1) is 21.4. The van der Waals surface area contributed by atoms with Crippen LogP contribution in [0.1, 0.15) is 11.1 Å². The number of esters is 2. The maximum atomic E-state index is 11.6. The standard InChI is InChI=1S/C21H19NO7/c1-27-19-12-8-17(9-13-19)15-29-21(24)5-3-2-4-20(23)28-14-16-6-10-18(11-7-16)22(25)26/h2-13H,14-15H2,1H3/b4-2+,5-3+. The number of non-ortho nitro benzene ring substituents is 1. The lowest BCUT2D eigenvalue weighted by Gasteiger charge is -2.03. The van der Waals surface area contributed by atoms with Gasteiger partial charge in [-0.1, -0.05) is 24.3 Å². The van der Waals surface area contributed by atoms with Crippen LogP contribution in [0.2, 0.25) is 0 Å². The van der Waals surface area contributed by atoms with Crippen LogP contribution in [0.5, 0.6) is 5.75 Å². The lowest BCUT2D eigenvalue weighted by atomic mass is 10.2. The second-order valence-electron chi connectivity index (χ2n) is 5.71. The molecule has 8 nitrogen and oxygen atoms in total. The van der Waals surface area contributed by atoms with Crippen LogP contribution >= 0.6 is 0 Å². The summed E-state index contributed by atoms with van der Waals surface area (Å²) in [4.78, 5) is 33.3. The van der Waals surface area contributed by atoms with Crippen molar-refractivity contribution in [3.63, 3.8) is 0 Å². The quantitative estimate of drug-likeness (QED) is 0.210. The first-order chi connectivity index (χ1) is 14.0. The molecule has 0 heterocycles. The Morgan fingerprint density at radius 3 is 1.72 bits per heavy atom. The van der Waals surface area contributed by atoms with E-state index in [0.717, 1.165) is 11.6 Å². The molecule has 2 aromatic carbocycles. The van der Waals surface area contributed by atoms with Gasteiger partial charge in [0.2, 0.25) is 0 Å². The third kappa shape index (κ3) is 7.67. The molecule has 0 amide bonds. The van der Waals surface area contributed by atoms with Crippen molar-refractivity contribution in [1.29, 1.82) is 0 Å². The summed E-state index contributed by atoms with van der Waals surface area (Å²) < 4.78 is 15.1. The van der Waals surface area contributed by atoms with Gasteiger partial charge in [0.25, 0.3) is 5.69 Å². The minimum absolute atomic E-state index is 0.0191. The van der Waals surface area contributed by atoms with E-state index in [9.17, 15) is 19.7 Å². The van der Waals surface area contributed by atoms with E-state index in [1.807, 2.05) is 0 Å². The van der Waals surface area contributed by atoms with Gasteiger partial charge in [0.15, 0.2) is 0 Å². The third-order valence-electron chi connectivity index (χ3n) is 3.64. The molecule has 0 unspecified atom stereocenters. The molecule has 29 heavy (non-hydrogen) atoms. The largest absolute Gasteiger partial charge is 0.497 e. The van der Waals surface area contributed by atoms with Gasteiger partial charge < -0.3 is 14.2 Å². The van der Waals surface area contributed by atoms with Gasteiger partial charge in [0.05, 0.1) is 12.0 Å². The summed E-state index contributed by atoms with van der Waals surface area (Å²) in [6, 6.07) is 12.8. The molecule has 0 aliphatic heterocycles. The molecule has 0 saturated carbocycles. The summed E-state index contributed by atoms with van der Waals surface area (Å²) in [6.07, 6.45) is 5.05. The zero-order valence-corrected chi connectivity index (χ0v) is 15.6. The minimum Gasteiger partial charge on any atom is -0.497 e. The summed E-state index contributed by atoms with van der Waals surface area (Å²) in [5, 5.41) is 10.6. The Labute approximate surface area is 167 Å². The highest BCUT2D eigenvalue weighted by Crippen LogP contribution is 2.13. The van der Waals surface area contributed by atoms with Gasteiger partial charge in [-0.15, -0.1) is 0 Å². The highest BCUT2D eigenvalue weighted by molar-refractivity contribution is 5.84. The number of carbonyl (C=O) groups is 2. The van der Waals surface area contributed by atoms with Crippen LogP contribution in [-0.4, -0.2) is 24.0 Å². The Kier molecular flexibility index (Phi) is 8.12. The molecule has 2 rings (SSSR count). The molecule has 0 aliphatic carbocycles. The van der Waals surface area contributed by atoms with Crippen LogP contribution in [0.25, 0.3) is 0 Å². The molecule has 0 bridgehead atoms. The predicted molar refractivity (Wildman–Crippen MR) is 104 cm³/mol. The van der Waals surface area contributed by atoms with Gasteiger partial charge >= 0.3 is 11.9 Å². The van der Waals surface area contributed by atoms with Gasteiger partial charge in [-0.3, -0.25) is 10.1 Å². The zero-order chi connectivity index (χ0) is 21.1. The second kappa shape index (κ2) is 11.0. The van der Waals surface area contributed by atoms with E-state index in [-0.39, 0.29) is 18.9 Å². The number of nitro groups is 1. The number of hydrogen-bond acceptors (Lipinski definition) is 7. The number of rotatable bonds is 9. The second-order valence-corrected chi connectivity index (χ2v) is 5.71. The van der Waals surface area contributed by atoms with E-state index in [1.54, 1.807) is 31.4 Å². The number of ether oxygens (including phenoxy) is 3. The lowest BCUT2D eigenvalue weighted by molar-refractivity contribution is -0.384. The summed E-state index contributed by atoms with van der Waals surface area (Å²) in [5.41, 5.74) is 1.40. The van der Waals surface area contributed by atoms with Gasteiger partial charge in [-0.2, -0.15) is 0 Å². The van der Waals surface area contributed by atoms with Gasteiger partial charge in [-0.25, -0.2) is 9.59 Å². The highest BCUT2D eigenvalue weighted by atomic mass is 16.6. The van der Waals surface area contributed by atoms with Crippen molar-refractivity contribution in [3.8, 4) is 5.75 Å². The zero-order valence-electron chi connectivity index (χ0n) is 15.6. The maximum Gasteiger partial charge on any atom is 0.331 e. The Balaban J connectivity index is 1.70. The minimum atomic E-state index is -0.611. The fourth-order valence-electron chi connectivity index (χ4n) is 2.11. The van der Waals surface area contributed by atoms with E-state index < -0.39 is 16.9 Å². The van der Waals surface area contributed by atoms with Gasteiger partial charge in [0, 0.05) is 24.3 Å². The Hall–Kier alpha value is -3.94. The molecule has 150 valence electrons. The number of allylic oxidation sites excluding steroid dienone is 2. The van der Waals surface area contributed by atoms with E-state index in [4.69, 9.17) is 14.2 Å². The molecule has 0 atom stereocenters. The topological polar surface area (TPSA) is 105 Å². The van der Waals surface area contributed by atoms with Crippen molar-refractivity contribution in [2.24, 2.45) is 0 Å². The molecular weight excluding hydrogens is 378 g/mol. The first-order valence-electron chi connectivity index (χ1n) is 8.52. The summed E-state index contributed by atoms with van der Waals surface area (Å²) in [6.45, 7) is 0.100. The van der Waals surface area contributed by atoms with Crippen molar-refractivity contribution in [1.82, 2.24) is 0 Å². The fraction of sp³-hybridized carbons (Fsp3) is 0.143. The predicted octanol–water partition coefficient (Wildman–Crippen LogP) is 3.50. The molecule has 0 aliphatic rings. The van der Waals surface area contributed by atoms with E-state index >= 15 is 0 Å². The molecule has 2 aromatic rings. The van der Waals surface area contributed by atoms with Crippen LogP contribution in [0, 0.1) is 10.1 Å². The SMILES string of the molecule is COc1ccc(COC(=O)/C=C/C=C/C(=O)OCc2ccc([N+](=O)[O-])cc2)cc1. The van der Waals surface area contributed by atoms with Crippen molar-refractivity contribution in [2.45, 2.75) is 13.2 Å². The Morgan fingerprint density at radius 2 is 1.31 bits per heavy atom. The van der Waals surface area contributed by atoms with Gasteiger partial charge in [-0.05, 0) is 35.4 Å². The molecular formula is C21H19NO7. The van der Waals surface area contributed by atoms with Crippen LogP contribution in [-0.2, 0) is 32.3 Å². The summed E-state index contributed by atoms with van der Waals surface area (Å²) in [5.74, 6) is -0.449. The molecule has 0 aromatic heterocycles. The molecule has 0 N–H and O–H groups in total. The highest BCUT2D eigenvalue weighted by Gasteiger charge is 2.05. The normalized spacial score (nSPS) is 10.8. The number of benzene rings is 2. The molecule has 0 radical (unpaired) electrons. The van der Waals surface area contributed by atoms with Gasteiger partial charge in [0.1, 0.15) is 19.0 Å². The number of nitro benzene ring substituents is 1.